The van der Waals surface area contributed by atoms with Crippen LogP contribution in [0.15, 0.2) is 12.1 Å². The van der Waals surface area contributed by atoms with Crippen LogP contribution in [0.3, 0.4) is 0 Å². The molecule has 0 amide bonds. The summed E-state index contributed by atoms with van der Waals surface area (Å²) in [5.74, 6) is 0.687. The van der Waals surface area contributed by atoms with Gasteiger partial charge in [-0.15, -0.1) is 0 Å². The van der Waals surface area contributed by atoms with Crippen LogP contribution in [-0.4, -0.2) is 20.5 Å². The zero-order valence-electron chi connectivity index (χ0n) is 7.90. The molecule has 0 aliphatic carbocycles. The summed E-state index contributed by atoms with van der Waals surface area (Å²) in [5.41, 5.74) is 0.707. The average molecular weight is 191 g/mol. The minimum absolute atomic E-state index is 0.314. The molecule has 1 aromatic rings. The fraction of sp³-hybridized carbons (Fsp3) is 0.200. The molecule has 0 spiro atoms. The number of aldehydes is 1. The van der Waals surface area contributed by atoms with Gasteiger partial charge in [-0.1, -0.05) is 0 Å². The second kappa shape index (κ2) is 4.28. The highest BCUT2D eigenvalue weighted by Gasteiger charge is 2.11. The van der Waals surface area contributed by atoms with Crippen LogP contribution in [0.2, 0.25) is 0 Å². The third-order valence-corrected chi connectivity index (χ3v) is 1.79. The molecule has 1 aromatic carbocycles. The Hall–Kier alpha value is -2.02. The van der Waals surface area contributed by atoms with Crippen LogP contribution in [-0.2, 0) is 0 Å². The van der Waals surface area contributed by atoms with Gasteiger partial charge in [0.25, 0.3) is 0 Å². The first-order valence-electron chi connectivity index (χ1n) is 3.88. The number of hydrogen-bond acceptors (Lipinski definition) is 4. The first kappa shape index (κ1) is 10.1. The molecule has 14 heavy (non-hydrogen) atoms. The summed E-state index contributed by atoms with van der Waals surface area (Å²) < 4.78 is 9.92. The molecule has 0 aliphatic rings. The number of hydrogen-bond donors (Lipinski definition) is 0. The van der Waals surface area contributed by atoms with Gasteiger partial charge in [0.1, 0.15) is 11.5 Å². The largest absolute Gasteiger partial charge is 0.496 e. The first-order valence-corrected chi connectivity index (χ1v) is 3.88. The zero-order chi connectivity index (χ0) is 10.6. The summed E-state index contributed by atoms with van der Waals surface area (Å²) in [4.78, 5) is 10.7. The van der Waals surface area contributed by atoms with E-state index in [9.17, 15) is 4.79 Å². The molecule has 0 unspecified atom stereocenters. The van der Waals surface area contributed by atoms with Crippen LogP contribution in [0.5, 0.6) is 11.5 Å². The van der Waals surface area contributed by atoms with E-state index in [1.807, 2.05) is 6.07 Å². The molecule has 0 bridgehead atoms. The van der Waals surface area contributed by atoms with Gasteiger partial charge in [0.15, 0.2) is 6.29 Å². The molecule has 0 aromatic heterocycles. The van der Waals surface area contributed by atoms with Gasteiger partial charge in [0.2, 0.25) is 0 Å². The molecule has 0 atom stereocenters. The minimum Gasteiger partial charge on any atom is -0.496 e. The van der Waals surface area contributed by atoms with Crippen molar-refractivity contribution < 1.29 is 14.3 Å². The summed E-state index contributed by atoms with van der Waals surface area (Å²) in [5, 5.41) is 8.69. The van der Waals surface area contributed by atoms with E-state index >= 15 is 0 Å². The molecule has 72 valence electrons. The highest BCUT2D eigenvalue weighted by molar-refractivity contribution is 5.84. The van der Waals surface area contributed by atoms with Crippen molar-refractivity contribution in [2.75, 3.05) is 14.2 Å². The van der Waals surface area contributed by atoms with E-state index in [0.29, 0.717) is 28.9 Å². The standard InChI is InChI=1S/C10H9NO3/c1-13-9-3-7(5-11)4-10(14-2)8(9)6-12/h3-4,6H,1-2H3. The predicted octanol–water partition coefficient (Wildman–Crippen LogP) is 1.39. The highest BCUT2D eigenvalue weighted by Crippen LogP contribution is 2.28. The summed E-state index contributed by atoms with van der Waals surface area (Å²) in [6, 6.07) is 4.94. The first-order chi connectivity index (χ1) is 6.76. The minimum atomic E-state index is 0.314. The van der Waals surface area contributed by atoms with Gasteiger partial charge < -0.3 is 9.47 Å². The van der Waals surface area contributed by atoms with Crippen molar-refractivity contribution in [2.45, 2.75) is 0 Å². The van der Waals surface area contributed by atoms with Gasteiger partial charge in [-0.3, -0.25) is 4.79 Å². The van der Waals surface area contributed by atoms with E-state index in [0.717, 1.165) is 0 Å². The van der Waals surface area contributed by atoms with Crippen molar-refractivity contribution in [1.29, 1.82) is 5.26 Å². The Labute approximate surface area is 81.7 Å². The second-order valence-electron chi connectivity index (χ2n) is 2.52. The maximum Gasteiger partial charge on any atom is 0.157 e. The van der Waals surface area contributed by atoms with Crippen molar-refractivity contribution in [3.05, 3.63) is 23.3 Å². The molecule has 0 fully saturated rings. The van der Waals surface area contributed by atoms with E-state index in [2.05, 4.69) is 0 Å². The van der Waals surface area contributed by atoms with Crippen LogP contribution < -0.4 is 9.47 Å². The molecular weight excluding hydrogens is 182 g/mol. The number of ether oxygens (including phenoxy) is 2. The van der Waals surface area contributed by atoms with Gasteiger partial charge in [0.05, 0.1) is 31.4 Å². The van der Waals surface area contributed by atoms with E-state index in [-0.39, 0.29) is 0 Å². The Morgan fingerprint density at radius 1 is 1.29 bits per heavy atom. The zero-order valence-corrected chi connectivity index (χ0v) is 7.90. The van der Waals surface area contributed by atoms with E-state index < -0.39 is 0 Å². The molecule has 0 radical (unpaired) electrons. The van der Waals surface area contributed by atoms with Crippen LogP contribution in [0.4, 0.5) is 0 Å². The van der Waals surface area contributed by atoms with Crippen molar-refractivity contribution >= 4 is 6.29 Å². The maximum atomic E-state index is 10.7. The number of nitriles is 1. The molecule has 4 nitrogen and oxygen atoms in total. The number of benzene rings is 1. The third kappa shape index (κ3) is 1.67. The number of rotatable bonds is 3. The summed E-state index contributed by atoms with van der Waals surface area (Å²) >= 11 is 0. The SMILES string of the molecule is COc1cc(C#N)cc(OC)c1C=O. The van der Waals surface area contributed by atoms with Crippen molar-refractivity contribution in [3.8, 4) is 17.6 Å². The van der Waals surface area contributed by atoms with Crippen molar-refractivity contribution in [1.82, 2.24) is 0 Å². The highest BCUT2D eigenvalue weighted by atomic mass is 16.5. The van der Waals surface area contributed by atoms with Crippen molar-refractivity contribution in [3.63, 3.8) is 0 Å². The van der Waals surface area contributed by atoms with E-state index in [1.165, 1.54) is 26.4 Å². The monoisotopic (exact) mass is 191 g/mol. The molecular formula is C10H9NO3. The maximum absolute atomic E-state index is 10.7. The second-order valence-corrected chi connectivity index (χ2v) is 2.52. The van der Waals surface area contributed by atoms with Gasteiger partial charge in [-0.2, -0.15) is 5.26 Å². The quantitative estimate of drug-likeness (QED) is 0.677. The molecule has 0 saturated heterocycles. The third-order valence-electron chi connectivity index (χ3n) is 1.79. The van der Waals surface area contributed by atoms with Crippen LogP contribution in [0, 0.1) is 11.3 Å². The fourth-order valence-electron chi connectivity index (χ4n) is 1.12. The summed E-state index contributed by atoms with van der Waals surface area (Å²) in [7, 11) is 2.87. The summed E-state index contributed by atoms with van der Waals surface area (Å²) in [6.07, 6.45) is 0.638. The molecule has 1 rings (SSSR count). The average Bonchev–Trinajstić information content (AvgIpc) is 2.26. The molecule has 0 saturated carbocycles. The molecule has 4 heteroatoms. The number of nitrogens with zero attached hydrogens (tertiary/aromatic N) is 1. The molecule has 0 N–H and O–H groups in total. The lowest BCUT2D eigenvalue weighted by Gasteiger charge is -2.08. The lowest BCUT2D eigenvalue weighted by atomic mass is 10.1. The van der Waals surface area contributed by atoms with Gasteiger partial charge in [-0.05, 0) is 12.1 Å². The number of carbonyl (C=O) groups is 1. The Morgan fingerprint density at radius 2 is 1.79 bits per heavy atom. The smallest absolute Gasteiger partial charge is 0.157 e. The van der Waals surface area contributed by atoms with Crippen molar-refractivity contribution in [2.24, 2.45) is 0 Å². The fourth-order valence-corrected chi connectivity index (χ4v) is 1.12. The number of methoxy groups -OCH3 is 2. The Bertz CT molecular complexity index is 368. The van der Waals surface area contributed by atoms with Gasteiger partial charge in [-0.25, -0.2) is 0 Å². The van der Waals surface area contributed by atoms with Crippen LogP contribution in [0.1, 0.15) is 15.9 Å². The van der Waals surface area contributed by atoms with Gasteiger partial charge >= 0.3 is 0 Å². The molecule has 0 aliphatic heterocycles. The molecule has 0 heterocycles. The topological polar surface area (TPSA) is 59.3 Å². The normalized spacial score (nSPS) is 8.93. The van der Waals surface area contributed by atoms with Crippen LogP contribution in [0.25, 0.3) is 0 Å². The number of carbonyl (C=O) groups excluding carboxylic acids is 1. The van der Waals surface area contributed by atoms with E-state index in [1.54, 1.807) is 0 Å². The Balaban J connectivity index is 3.41. The van der Waals surface area contributed by atoms with Gasteiger partial charge in [0, 0.05) is 0 Å². The summed E-state index contributed by atoms with van der Waals surface area (Å²) in [6.45, 7) is 0. The lowest BCUT2D eigenvalue weighted by molar-refractivity contribution is 0.111. The Morgan fingerprint density at radius 3 is 2.07 bits per heavy atom. The van der Waals surface area contributed by atoms with Crippen LogP contribution >= 0.6 is 0 Å². The van der Waals surface area contributed by atoms with E-state index in [4.69, 9.17) is 14.7 Å². The Kier molecular flexibility index (Phi) is 3.08. The predicted molar refractivity (Wildman–Crippen MR) is 49.6 cm³/mol. The lowest BCUT2D eigenvalue weighted by Crippen LogP contribution is -1.96.